The maximum Gasteiger partial charge on any atom is 0.219 e. The van der Waals surface area contributed by atoms with Crippen molar-refractivity contribution in [1.82, 2.24) is 24.4 Å². The Hall–Kier alpha value is -2.22. The van der Waals surface area contributed by atoms with Gasteiger partial charge in [0.25, 0.3) is 0 Å². The van der Waals surface area contributed by atoms with Crippen LogP contribution in [0.3, 0.4) is 0 Å². The second-order valence-electron chi connectivity index (χ2n) is 7.44. The largest absolute Gasteiger partial charge is 0.371 e. The molecule has 3 heterocycles. The molecule has 0 aliphatic carbocycles. The molecule has 1 fully saturated rings. The van der Waals surface area contributed by atoms with E-state index in [0.29, 0.717) is 36.4 Å². The molecular formula is C19H30N6O2. The third-order valence-electron chi connectivity index (χ3n) is 5.77. The summed E-state index contributed by atoms with van der Waals surface area (Å²) in [7, 11) is 3.61. The number of imidazole rings is 1. The van der Waals surface area contributed by atoms with E-state index in [0.717, 1.165) is 17.6 Å². The predicted octanol–water partition coefficient (Wildman–Crippen LogP) is 2.47. The van der Waals surface area contributed by atoms with Crippen molar-refractivity contribution >= 4 is 22.9 Å². The van der Waals surface area contributed by atoms with Crippen LogP contribution in [0.25, 0.3) is 11.2 Å². The number of rotatable bonds is 6. The number of aromatic nitrogens is 4. The first-order chi connectivity index (χ1) is 12.9. The number of hydrogen-bond donors (Lipinski definition) is 1. The molecule has 0 spiro atoms. The molecule has 8 heteroatoms. The summed E-state index contributed by atoms with van der Waals surface area (Å²) in [5, 5.41) is 3.12. The zero-order valence-corrected chi connectivity index (χ0v) is 17.1. The van der Waals surface area contributed by atoms with Gasteiger partial charge in [-0.3, -0.25) is 9.36 Å². The minimum absolute atomic E-state index is 0.0303. The zero-order chi connectivity index (χ0) is 19.7. The van der Waals surface area contributed by atoms with E-state index < -0.39 is 0 Å². The number of amides is 1. The number of carbonyl (C=O) groups is 1. The lowest BCUT2D eigenvalue weighted by molar-refractivity contribution is -0.127. The van der Waals surface area contributed by atoms with Gasteiger partial charge in [-0.2, -0.15) is 0 Å². The van der Waals surface area contributed by atoms with E-state index in [4.69, 9.17) is 9.72 Å². The van der Waals surface area contributed by atoms with Crippen LogP contribution < -0.4 is 5.32 Å². The first-order valence-electron chi connectivity index (χ1n) is 9.65. The Kier molecular flexibility index (Phi) is 5.64. The molecule has 148 valence electrons. The van der Waals surface area contributed by atoms with E-state index >= 15 is 0 Å². The Balaban J connectivity index is 1.95. The lowest BCUT2D eigenvalue weighted by Gasteiger charge is -2.18. The van der Waals surface area contributed by atoms with Gasteiger partial charge in [0.1, 0.15) is 12.1 Å². The number of carbonyl (C=O) groups excluding carboxylic acids is 1. The van der Waals surface area contributed by atoms with E-state index in [1.165, 1.54) is 0 Å². The number of nitrogens with zero attached hydrogens (tertiary/aromatic N) is 5. The topological polar surface area (TPSA) is 85.2 Å². The summed E-state index contributed by atoms with van der Waals surface area (Å²) in [6.07, 6.45) is 3.55. The molecular weight excluding hydrogens is 344 g/mol. The summed E-state index contributed by atoms with van der Waals surface area (Å²) in [6.45, 7) is 8.76. The summed E-state index contributed by atoms with van der Waals surface area (Å²) in [5.74, 6) is 2.26. The molecule has 0 unspecified atom stereocenters. The molecule has 1 saturated heterocycles. The third kappa shape index (κ3) is 3.63. The van der Waals surface area contributed by atoms with Gasteiger partial charge in [0.2, 0.25) is 5.91 Å². The highest BCUT2D eigenvalue weighted by Gasteiger charge is 2.39. The van der Waals surface area contributed by atoms with Crippen LogP contribution in [0, 0.1) is 11.8 Å². The van der Waals surface area contributed by atoms with Gasteiger partial charge in [0, 0.05) is 39.9 Å². The normalized spacial score (nSPS) is 25.1. The van der Waals surface area contributed by atoms with Gasteiger partial charge < -0.3 is 15.0 Å². The van der Waals surface area contributed by atoms with Crippen molar-refractivity contribution in [2.24, 2.45) is 11.8 Å². The number of hydrogen-bond acceptors (Lipinski definition) is 6. The molecule has 8 nitrogen and oxygen atoms in total. The van der Waals surface area contributed by atoms with Crippen LogP contribution in [0.5, 0.6) is 0 Å². The quantitative estimate of drug-likeness (QED) is 0.836. The highest BCUT2D eigenvalue weighted by Crippen LogP contribution is 2.41. The second-order valence-corrected chi connectivity index (χ2v) is 7.44. The van der Waals surface area contributed by atoms with E-state index in [1.807, 2.05) is 11.6 Å². The highest BCUT2D eigenvalue weighted by molar-refractivity contribution is 5.83. The molecule has 0 radical (unpaired) electrons. The molecule has 1 aliphatic heterocycles. The molecule has 1 amide bonds. The van der Waals surface area contributed by atoms with Crippen molar-refractivity contribution in [3.05, 3.63) is 12.2 Å². The fourth-order valence-electron chi connectivity index (χ4n) is 3.67. The Morgan fingerprint density at radius 3 is 2.67 bits per heavy atom. The predicted molar refractivity (Wildman–Crippen MR) is 104 cm³/mol. The molecule has 1 aliphatic rings. The standard InChI is InChI=1S/C19H30N6O2/c1-7-14-11(2)12(3)19(27-14)25-10-21-16-17(20-5)22-15(23-18(16)25)8-9-24(6)13(4)26/h10-12,14,19H,7-9H2,1-6H3,(H,20,22,23)/t11-,12+,14+,19+/m0/s1. The lowest BCUT2D eigenvalue weighted by atomic mass is 9.91. The minimum Gasteiger partial charge on any atom is -0.371 e. The molecule has 0 bridgehead atoms. The maximum atomic E-state index is 11.5. The van der Waals surface area contributed by atoms with Crippen molar-refractivity contribution < 1.29 is 9.53 Å². The molecule has 1 N–H and O–H groups in total. The Morgan fingerprint density at radius 2 is 2.07 bits per heavy atom. The van der Waals surface area contributed by atoms with Gasteiger partial charge in [-0.05, 0) is 12.3 Å². The van der Waals surface area contributed by atoms with Crippen molar-refractivity contribution in [2.75, 3.05) is 26.0 Å². The summed E-state index contributed by atoms with van der Waals surface area (Å²) < 4.78 is 8.35. The fraction of sp³-hybridized carbons (Fsp3) is 0.684. The average Bonchev–Trinajstić information content (AvgIpc) is 3.20. The Morgan fingerprint density at radius 1 is 1.33 bits per heavy atom. The van der Waals surface area contributed by atoms with Gasteiger partial charge >= 0.3 is 0 Å². The van der Waals surface area contributed by atoms with Crippen molar-refractivity contribution in [2.45, 2.75) is 52.9 Å². The van der Waals surface area contributed by atoms with Gasteiger partial charge in [0.15, 0.2) is 17.0 Å². The SMILES string of the molecule is CC[C@H]1O[C@@H](n2cnc3c(NC)nc(CCN(C)C(C)=O)nc32)[C@H](C)[C@@H]1C. The van der Waals surface area contributed by atoms with Crippen LogP contribution in [0.2, 0.25) is 0 Å². The van der Waals surface area contributed by atoms with E-state index in [-0.39, 0.29) is 18.2 Å². The second kappa shape index (κ2) is 7.80. The van der Waals surface area contributed by atoms with E-state index in [1.54, 1.807) is 25.2 Å². The van der Waals surface area contributed by atoms with Crippen LogP contribution in [0.15, 0.2) is 6.33 Å². The molecule has 3 rings (SSSR count). The molecule has 0 aromatic carbocycles. The summed E-state index contributed by atoms with van der Waals surface area (Å²) in [6, 6.07) is 0. The average molecular weight is 374 g/mol. The van der Waals surface area contributed by atoms with Crippen molar-refractivity contribution in [3.63, 3.8) is 0 Å². The van der Waals surface area contributed by atoms with E-state index in [2.05, 4.69) is 36.1 Å². The Labute approximate surface area is 160 Å². The number of ether oxygens (including phenoxy) is 1. The summed E-state index contributed by atoms with van der Waals surface area (Å²) >= 11 is 0. The zero-order valence-electron chi connectivity index (χ0n) is 17.1. The fourth-order valence-corrected chi connectivity index (χ4v) is 3.67. The summed E-state index contributed by atoms with van der Waals surface area (Å²) in [5.41, 5.74) is 1.51. The molecule has 4 atom stereocenters. The number of anilines is 1. The lowest BCUT2D eigenvalue weighted by Crippen LogP contribution is -2.26. The molecule has 0 saturated carbocycles. The third-order valence-corrected chi connectivity index (χ3v) is 5.77. The van der Waals surface area contributed by atoms with Gasteiger partial charge in [-0.15, -0.1) is 0 Å². The van der Waals surface area contributed by atoms with Crippen LogP contribution >= 0.6 is 0 Å². The number of nitrogens with one attached hydrogen (secondary N) is 1. The van der Waals surface area contributed by atoms with Crippen LogP contribution in [-0.2, 0) is 16.0 Å². The van der Waals surface area contributed by atoms with Crippen LogP contribution in [0.1, 0.15) is 46.2 Å². The van der Waals surface area contributed by atoms with Gasteiger partial charge in [0.05, 0.1) is 12.4 Å². The monoisotopic (exact) mass is 374 g/mol. The van der Waals surface area contributed by atoms with Crippen LogP contribution in [-0.4, -0.2) is 57.1 Å². The van der Waals surface area contributed by atoms with Gasteiger partial charge in [-0.1, -0.05) is 20.8 Å². The van der Waals surface area contributed by atoms with Crippen LogP contribution in [0.4, 0.5) is 5.82 Å². The van der Waals surface area contributed by atoms with Gasteiger partial charge in [-0.25, -0.2) is 15.0 Å². The first-order valence-corrected chi connectivity index (χ1v) is 9.65. The summed E-state index contributed by atoms with van der Waals surface area (Å²) in [4.78, 5) is 27.0. The first kappa shape index (κ1) is 19.5. The number of fused-ring (bicyclic) bond motifs is 1. The molecule has 27 heavy (non-hydrogen) atoms. The highest BCUT2D eigenvalue weighted by atomic mass is 16.5. The maximum absolute atomic E-state index is 11.5. The Bertz CT molecular complexity index is 820. The van der Waals surface area contributed by atoms with Crippen molar-refractivity contribution in [3.8, 4) is 0 Å². The van der Waals surface area contributed by atoms with E-state index in [9.17, 15) is 4.79 Å². The molecule has 2 aromatic heterocycles. The smallest absolute Gasteiger partial charge is 0.219 e. The number of likely N-dealkylation sites (N-methyl/N-ethyl adjacent to an activating group) is 1. The van der Waals surface area contributed by atoms with Crippen molar-refractivity contribution in [1.29, 1.82) is 0 Å². The molecule has 2 aromatic rings. The minimum atomic E-state index is -0.0812.